The second-order valence-corrected chi connectivity index (χ2v) is 13.9. The van der Waals surface area contributed by atoms with Gasteiger partial charge in [0.2, 0.25) is 0 Å². The van der Waals surface area contributed by atoms with Gasteiger partial charge in [0.25, 0.3) is 0 Å². The Morgan fingerprint density at radius 3 is 1.75 bits per heavy atom. The molecule has 5 unspecified atom stereocenters. The molecule has 0 aliphatic carbocycles. The van der Waals surface area contributed by atoms with E-state index in [1.807, 2.05) is 0 Å². The van der Waals surface area contributed by atoms with Crippen LogP contribution < -0.4 is 0 Å². The van der Waals surface area contributed by atoms with E-state index < -0.39 is 111 Å². The van der Waals surface area contributed by atoms with Crippen LogP contribution >= 0.6 is 0 Å². The molecule has 0 aromatic heterocycles. The number of carbonyl (C=O) groups excluding carboxylic acids is 3. The Morgan fingerprint density at radius 2 is 1.25 bits per heavy atom. The molecule has 0 amide bonds. The van der Waals surface area contributed by atoms with Crippen molar-refractivity contribution in [3.63, 3.8) is 0 Å². The third-order valence-corrected chi connectivity index (χ3v) is 9.64. The van der Waals surface area contributed by atoms with Crippen LogP contribution in [0.3, 0.4) is 0 Å². The summed E-state index contributed by atoms with van der Waals surface area (Å²) in [4.78, 5) is 48.8. The number of hydrogen-bond donors (Lipinski definition) is 3. The summed E-state index contributed by atoms with van der Waals surface area (Å²) in [5, 5.41) is 43.8. The third kappa shape index (κ3) is 11.9. The fourth-order valence-electron chi connectivity index (χ4n) is 6.69. The number of carbonyl (C=O) groups is 3. The molecule has 5 rings (SSSR count). The molecule has 2 aliphatic heterocycles. The van der Waals surface area contributed by atoms with E-state index in [-0.39, 0.29) is 23.1 Å². The molecule has 3 N–H and O–H groups in total. The monoisotopic (exact) mass is 845 g/mol. The lowest BCUT2D eigenvalue weighted by Crippen LogP contribution is -2.62. The van der Waals surface area contributed by atoms with Crippen molar-refractivity contribution in [2.45, 2.75) is 99.8 Å². The van der Waals surface area contributed by atoms with Crippen LogP contribution in [0.1, 0.15) is 51.3 Å². The van der Waals surface area contributed by atoms with E-state index in [9.17, 15) is 40.8 Å². The molecule has 61 heavy (non-hydrogen) atoms. The standard InChI is InChI=1S/C39H43N9O13/c1-21(43-46-40)18-26(44-47-41)31(22(2)50)60-38-29(45-48-42)33(30(51)27(19-49)56-38)61-39-34(59-37(54)25-16-10-5-11-17-25)32(58-36(53)24-14-8-4-9-15-24)28(57-39)20-55-35(52)23-12-6-3-7-13-23/h3-17,21-22,26-34,38-39,49-51H,18-20H2,1-2H3/t21?,22-,26?,27?,28-,29?,30-,31+,32?,33-,34+,38-,39+/m1/s1. The fraction of sp³-hybridized carbons (Fsp3) is 0.462. The fourth-order valence-corrected chi connectivity index (χ4v) is 6.69. The van der Waals surface area contributed by atoms with Gasteiger partial charge in [0.15, 0.2) is 24.8 Å². The van der Waals surface area contributed by atoms with Gasteiger partial charge >= 0.3 is 17.9 Å². The van der Waals surface area contributed by atoms with Gasteiger partial charge in [-0.2, -0.15) is 0 Å². The molecular weight excluding hydrogens is 802 g/mol. The minimum Gasteiger partial charge on any atom is -0.459 e. The first-order valence-electron chi connectivity index (χ1n) is 18.9. The summed E-state index contributed by atoms with van der Waals surface area (Å²) >= 11 is 0. The molecule has 22 nitrogen and oxygen atoms in total. The van der Waals surface area contributed by atoms with Crippen molar-refractivity contribution >= 4 is 17.9 Å². The Morgan fingerprint density at radius 1 is 0.721 bits per heavy atom. The molecule has 3 aromatic carbocycles. The number of aliphatic hydroxyl groups excluding tert-OH is 3. The summed E-state index contributed by atoms with van der Waals surface area (Å²) in [5.41, 5.74) is 28.4. The maximum absolute atomic E-state index is 13.7. The highest BCUT2D eigenvalue weighted by molar-refractivity contribution is 5.91. The summed E-state index contributed by atoms with van der Waals surface area (Å²) < 4.78 is 41.8. The van der Waals surface area contributed by atoms with Crippen molar-refractivity contribution in [1.29, 1.82) is 0 Å². The number of ether oxygens (including phenoxy) is 7. The lowest BCUT2D eigenvalue weighted by molar-refractivity contribution is -0.312. The quantitative estimate of drug-likeness (QED) is 0.0485. The predicted molar refractivity (Wildman–Crippen MR) is 209 cm³/mol. The van der Waals surface area contributed by atoms with E-state index in [1.165, 1.54) is 50.2 Å². The molecular formula is C39H43N9O13. The van der Waals surface area contributed by atoms with E-state index in [4.69, 9.17) is 38.7 Å². The van der Waals surface area contributed by atoms with Crippen LogP contribution in [0.4, 0.5) is 0 Å². The molecule has 2 fully saturated rings. The van der Waals surface area contributed by atoms with Gasteiger partial charge in [0, 0.05) is 20.8 Å². The zero-order valence-corrected chi connectivity index (χ0v) is 32.7. The lowest BCUT2D eigenvalue weighted by Gasteiger charge is -2.45. The van der Waals surface area contributed by atoms with E-state index in [0.29, 0.717) is 0 Å². The highest BCUT2D eigenvalue weighted by Crippen LogP contribution is 2.36. The molecule has 2 heterocycles. The smallest absolute Gasteiger partial charge is 0.338 e. The maximum atomic E-state index is 13.7. The highest BCUT2D eigenvalue weighted by atomic mass is 16.8. The Bertz CT molecular complexity index is 2070. The van der Waals surface area contributed by atoms with Crippen LogP contribution in [-0.4, -0.2) is 126 Å². The van der Waals surface area contributed by atoms with Crippen LogP contribution in [0.25, 0.3) is 31.3 Å². The van der Waals surface area contributed by atoms with Crippen molar-refractivity contribution in [3.05, 3.63) is 139 Å². The Balaban J connectivity index is 1.53. The Kier molecular flexibility index (Phi) is 16.8. The lowest BCUT2D eigenvalue weighted by atomic mass is 9.96. The van der Waals surface area contributed by atoms with Gasteiger partial charge in [-0.15, -0.1) is 0 Å². The van der Waals surface area contributed by atoms with Crippen molar-refractivity contribution in [2.24, 2.45) is 15.3 Å². The van der Waals surface area contributed by atoms with Gasteiger partial charge in [-0.1, -0.05) is 76.9 Å². The maximum Gasteiger partial charge on any atom is 0.338 e. The molecule has 322 valence electrons. The predicted octanol–water partition coefficient (Wildman–Crippen LogP) is 4.70. The van der Waals surface area contributed by atoms with Crippen LogP contribution in [-0.2, 0) is 33.2 Å². The number of rotatable bonds is 19. The van der Waals surface area contributed by atoms with Crippen molar-refractivity contribution in [1.82, 2.24) is 0 Å². The van der Waals surface area contributed by atoms with Crippen molar-refractivity contribution in [2.75, 3.05) is 13.2 Å². The van der Waals surface area contributed by atoms with Gasteiger partial charge in [-0.05, 0) is 66.3 Å². The summed E-state index contributed by atoms with van der Waals surface area (Å²) in [6.45, 7) is 1.40. The molecule has 3 aromatic rings. The molecule has 2 saturated heterocycles. The van der Waals surface area contributed by atoms with Gasteiger partial charge < -0.3 is 48.5 Å². The second kappa shape index (κ2) is 22.4. The molecule has 22 heteroatoms. The number of benzene rings is 3. The number of azide groups is 3. The third-order valence-electron chi connectivity index (χ3n) is 9.64. The van der Waals surface area contributed by atoms with E-state index in [0.717, 1.165) is 0 Å². The molecule has 13 atom stereocenters. The second-order valence-electron chi connectivity index (χ2n) is 13.9. The average Bonchev–Trinajstić information content (AvgIpc) is 3.58. The Hall–Kier alpha value is -6.28. The molecule has 2 aliphatic rings. The van der Waals surface area contributed by atoms with Gasteiger partial charge in [-0.25, -0.2) is 14.4 Å². The molecule has 0 saturated carbocycles. The van der Waals surface area contributed by atoms with Gasteiger partial charge in [-0.3, -0.25) is 0 Å². The topological polar surface area (TPSA) is 323 Å². The number of hydrogen-bond acceptors (Lipinski definition) is 16. The number of nitrogens with zero attached hydrogens (tertiary/aromatic N) is 9. The van der Waals surface area contributed by atoms with E-state index >= 15 is 0 Å². The molecule has 0 spiro atoms. The van der Waals surface area contributed by atoms with E-state index in [1.54, 1.807) is 54.6 Å². The number of aliphatic hydroxyl groups is 3. The van der Waals surface area contributed by atoms with Crippen LogP contribution in [0.2, 0.25) is 0 Å². The summed E-state index contributed by atoms with van der Waals surface area (Å²) in [6.07, 6.45) is -16.1. The average molecular weight is 846 g/mol. The minimum atomic E-state index is -1.82. The zero-order chi connectivity index (χ0) is 43.9. The first kappa shape index (κ1) is 45.8. The van der Waals surface area contributed by atoms with Crippen LogP contribution in [0.15, 0.2) is 106 Å². The van der Waals surface area contributed by atoms with Crippen molar-refractivity contribution in [3.8, 4) is 0 Å². The SMILES string of the molecule is CC(CC(N=[N+]=[N-])[C@@H](O[C@H]1OC(CO)[C@@H](O)[C@H](O[C@@H]2O[C@H](COC(=O)c3ccccc3)C(OC(=O)c3ccccc3)[C@@H]2OC(=O)c2ccccc2)C1N=[N+]=[N-])[C@@H](C)O)N=[N+]=[N-]. The summed E-state index contributed by atoms with van der Waals surface area (Å²) in [6, 6.07) is 19.9. The highest BCUT2D eigenvalue weighted by Gasteiger charge is 2.55. The normalized spacial score (nSPS) is 26.4. The van der Waals surface area contributed by atoms with Crippen LogP contribution in [0, 0.1) is 0 Å². The van der Waals surface area contributed by atoms with Crippen LogP contribution in [0.5, 0.6) is 0 Å². The molecule has 0 radical (unpaired) electrons. The summed E-state index contributed by atoms with van der Waals surface area (Å²) in [5.74, 6) is -2.57. The Labute approximate surface area is 347 Å². The van der Waals surface area contributed by atoms with Gasteiger partial charge in [0.1, 0.15) is 37.1 Å². The van der Waals surface area contributed by atoms with Crippen molar-refractivity contribution < 1.29 is 62.9 Å². The molecule has 0 bridgehead atoms. The summed E-state index contributed by atoms with van der Waals surface area (Å²) in [7, 11) is 0. The first-order chi connectivity index (χ1) is 29.5. The minimum absolute atomic E-state index is 0.0775. The van der Waals surface area contributed by atoms with E-state index in [2.05, 4.69) is 30.1 Å². The largest absolute Gasteiger partial charge is 0.459 e. The zero-order valence-electron chi connectivity index (χ0n) is 32.7. The first-order valence-corrected chi connectivity index (χ1v) is 18.9. The van der Waals surface area contributed by atoms with Gasteiger partial charge in [0.05, 0.1) is 41.5 Å². The number of esters is 3.